The molecule has 2 N–H and O–H groups in total. The lowest BCUT2D eigenvalue weighted by Crippen LogP contribution is -2.39. The fourth-order valence-corrected chi connectivity index (χ4v) is 5.12. The maximum atomic E-state index is 13.0. The number of sulfonamides is 1. The Bertz CT molecular complexity index is 1090. The van der Waals surface area contributed by atoms with Crippen LogP contribution in [0, 0.1) is 5.92 Å². The molecule has 3 rings (SSSR count). The number of nitrogens with one attached hydrogen (secondary N) is 1. The first-order valence-electron chi connectivity index (χ1n) is 9.79. The molecule has 0 aliphatic carbocycles. The molecule has 10 heteroatoms. The van der Waals surface area contributed by atoms with Crippen molar-refractivity contribution in [3.8, 4) is 0 Å². The van der Waals surface area contributed by atoms with Crippen molar-refractivity contribution in [2.45, 2.75) is 24.7 Å². The van der Waals surface area contributed by atoms with E-state index in [1.165, 1.54) is 24.3 Å². The summed E-state index contributed by atoms with van der Waals surface area (Å²) < 4.78 is 33.5. The van der Waals surface area contributed by atoms with E-state index in [0.717, 1.165) is 0 Å². The molecule has 0 unspecified atom stereocenters. The molecule has 1 heterocycles. The second kappa shape index (κ2) is 9.57. The standard InChI is InChI=1S/C21H23ClN2O6S/c1-2-30-21(27)15-6-5-11-24(13-15)18-10-9-14(20(25)26)12-17(18)23-31(28,29)19-8-4-3-7-16(19)22/h3-4,7-10,12,15,23H,2,5-6,11,13H2,1H3,(H,25,26)/t15-/m1/s1. The molecule has 1 saturated heterocycles. The quantitative estimate of drug-likeness (QED) is 0.599. The Morgan fingerprint density at radius 1 is 1.26 bits per heavy atom. The molecule has 0 spiro atoms. The van der Waals surface area contributed by atoms with Crippen molar-refractivity contribution < 1.29 is 27.9 Å². The Morgan fingerprint density at radius 2 is 2.00 bits per heavy atom. The average molecular weight is 467 g/mol. The fourth-order valence-electron chi connectivity index (χ4n) is 3.54. The minimum Gasteiger partial charge on any atom is -0.478 e. The number of hydrogen-bond acceptors (Lipinski definition) is 6. The number of rotatable bonds is 7. The second-order valence-electron chi connectivity index (χ2n) is 7.11. The first-order valence-corrected chi connectivity index (χ1v) is 11.7. The van der Waals surface area contributed by atoms with Crippen molar-refractivity contribution in [2.75, 3.05) is 29.3 Å². The molecule has 1 aliphatic heterocycles. The van der Waals surface area contributed by atoms with Gasteiger partial charge in [-0.2, -0.15) is 0 Å². The molecular weight excluding hydrogens is 444 g/mol. The largest absolute Gasteiger partial charge is 0.478 e. The normalized spacial score (nSPS) is 16.6. The molecular formula is C21H23ClN2O6S. The smallest absolute Gasteiger partial charge is 0.335 e. The third kappa shape index (κ3) is 5.29. The molecule has 0 aromatic heterocycles. The van der Waals surface area contributed by atoms with E-state index in [2.05, 4.69) is 4.72 Å². The van der Waals surface area contributed by atoms with Gasteiger partial charge in [0, 0.05) is 13.1 Å². The van der Waals surface area contributed by atoms with Crippen molar-refractivity contribution in [1.29, 1.82) is 0 Å². The van der Waals surface area contributed by atoms with E-state index in [-0.39, 0.29) is 39.7 Å². The molecule has 2 aromatic carbocycles. The lowest BCUT2D eigenvalue weighted by atomic mass is 9.97. The Kier molecular flexibility index (Phi) is 7.07. The summed E-state index contributed by atoms with van der Waals surface area (Å²) in [4.78, 5) is 25.4. The maximum Gasteiger partial charge on any atom is 0.335 e. The predicted octanol–water partition coefficient (Wildman–Crippen LogP) is 3.62. The van der Waals surface area contributed by atoms with Gasteiger partial charge in [-0.1, -0.05) is 23.7 Å². The number of carbonyl (C=O) groups is 2. The summed E-state index contributed by atoms with van der Waals surface area (Å²) in [6.07, 6.45) is 1.38. The van der Waals surface area contributed by atoms with Gasteiger partial charge in [-0.15, -0.1) is 0 Å². The third-order valence-corrected chi connectivity index (χ3v) is 6.86. The molecule has 8 nitrogen and oxygen atoms in total. The van der Waals surface area contributed by atoms with Gasteiger partial charge in [0.15, 0.2) is 0 Å². The topological polar surface area (TPSA) is 113 Å². The number of benzene rings is 2. The fraction of sp³-hybridized carbons (Fsp3) is 0.333. The number of carboxylic acids is 1. The number of anilines is 2. The van der Waals surface area contributed by atoms with Crippen LogP contribution in [0.1, 0.15) is 30.1 Å². The van der Waals surface area contributed by atoms with E-state index in [9.17, 15) is 23.1 Å². The van der Waals surface area contributed by atoms with E-state index < -0.39 is 16.0 Å². The van der Waals surface area contributed by atoms with Gasteiger partial charge in [-0.25, -0.2) is 13.2 Å². The van der Waals surface area contributed by atoms with E-state index in [4.69, 9.17) is 16.3 Å². The molecule has 0 amide bonds. The van der Waals surface area contributed by atoms with Crippen LogP contribution in [0.25, 0.3) is 0 Å². The van der Waals surface area contributed by atoms with Gasteiger partial charge in [-0.05, 0) is 50.1 Å². The van der Waals surface area contributed by atoms with Crippen molar-refractivity contribution in [1.82, 2.24) is 0 Å². The Morgan fingerprint density at radius 3 is 2.68 bits per heavy atom. The van der Waals surface area contributed by atoms with E-state index >= 15 is 0 Å². The lowest BCUT2D eigenvalue weighted by molar-refractivity contribution is -0.148. The summed E-state index contributed by atoms with van der Waals surface area (Å²) in [5.41, 5.74) is 0.513. The average Bonchev–Trinajstić information content (AvgIpc) is 2.74. The van der Waals surface area contributed by atoms with Crippen LogP contribution in [0.15, 0.2) is 47.4 Å². The SMILES string of the molecule is CCOC(=O)[C@@H]1CCCN(c2ccc(C(=O)O)cc2NS(=O)(=O)c2ccccc2Cl)C1. The number of carbonyl (C=O) groups excluding carboxylic acids is 1. The second-order valence-corrected chi connectivity index (χ2v) is 9.17. The summed E-state index contributed by atoms with van der Waals surface area (Å²) in [7, 11) is -4.08. The summed E-state index contributed by atoms with van der Waals surface area (Å²) in [6, 6.07) is 10.2. The maximum absolute atomic E-state index is 13.0. The predicted molar refractivity (Wildman–Crippen MR) is 117 cm³/mol. The molecule has 1 fully saturated rings. The first kappa shape index (κ1) is 22.9. The van der Waals surface area contributed by atoms with Crippen LogP contribution in [0.5, 0.6) is 0 Å². The zero-order valence-corrected chi connectivity index (χ0v) is 18.4. The van der Waals surface area contributed by atoms with Crippen LogP contribution in [0.3, 0.4) is 0 Å². The number of hydrogen-bond donors (Lipinski definition) is 2. The summed E-state index contributed by atoms with van der Waals surface area (Å²) >= 11 is 6.05. The highest BCUT2D eigenvalue weighted by Crippen LogP contribution is 2.34. The summed E-state index contributed by atoms with van der Waals surface area (Å²) in [5, 5.41) is 9.42. The van der Waals surface area contributed by atoms with Gasteiger partial charge in [-0.3, -0.25) is 9.52 Å². The molecule has 0 radical (unpaired) electrons. The van der Waals surface area contributed by atoms with Crippen molar-refractivity contribution in [3.05, 3.63) is 53.1 Å². The highest BCUT2D eigenvalue weighted by Gasteiger charge is 2.29. The molecule has 166 valence electrons. The van der Waals surface area contributed by atoms with Crippen LogP contribution in [0.2, 0.25) is 5.02 Å². The van der Waals surface area contributed by atoms with Gasteiger partial charge in [0.05, 0.1) is 34.5 Å². The van der Waals surface area contributed by atoms with Crippen molar-refractivity contribution in [2.24, 2.45) is 5.92 Å². The third-order valence-electron chi connectivity index (χ3n) is 5.00. The minimum absolute atomic E-state index is 0.0475. The van der Waals surface area contributed by atoms with Gasteiger partial charge >= 0.3 is 11.9 Å². The molecule has 0 bridgehead atoms. The van der Waals surface area contributed by atoms with E-state index in [0.29, 0.717) is 31.6 Å². The number of carboxylic acid groups (broad SMARTS) is 1. The number of esters is 1. The molecule has 31 heavy (non-hydrogen) atoms. The van der Waals surface area contributed by atoms with E-state index in [1.54, 1.807) is 25.1 Å². The van der Waals surface area contributed by atoms with Gasteiger partial charge in [0.25, 0.3) is 10.0 Å². The van der Waals surface area contributed by atoms with Gasteiger partial charge < -0.3 is 14.7 Å². The molecule has 2 aromatic rings. The highest BCUT2D eigenvalue weighted by atomic mass is 35.5. The Balaban J connectivity index is 1.97. The molecule has 0 saturated carbocycles. The zero-order chi connectivity index (χ0) is 22.6. The number of nitrogens with zero attached hydrogens (tertiary/aromatic N) is 1. The van der Waals surface area contributed by atoms with Gasteiger partial charge in [0.2, 0.25) is 0 Å². The number of halogens is 1. The number of ether oxygens (including phenoxy) is 1. The van der Waals surface area contributed by atoms with Crippen LogP contribution < -0.4 is 9.62 Å². The first-order chi connectivity index (χ1) is 14.7. The Hall–Kier alpha value is -2.78. The van der Waals surface area contributed by atoms with Crippen LogP contribution in [0.4, 0.5) is 11.4 Å². The number of aromatic carboxylic acids is 1. The monoisotopic (exact) mass is 466 g/mol. The minimum atomic E-state index is -4.08. The van der Waals surface area contributed by atoms with Crippen LogP contribution in [-0.4, -0.2) is 45.2 Å². The molecule has 1 aliphatic rings. The van der Waals surface area contributed by atoms with Crippen LogP contribution in [-0.2, 0) is 19.6 Å². The summed E-state index contributed by atoms with van der Waals surface area (Å²) in [5.74, 6) is -1.83. The van der Waals surface area contributed by atoms with Gasteiger partial charge in [0.1, 0.15) is 4.90 Å². The Labute approximate surface area is 185 Å². The summed E-state index contributed by atoms with van der Waals surface area (Å²) in [6.45, 7) is 2.95. The van der Waals surface area contributed by atoms with Crippen LogP contribution >= 0.6 is 11.6 Å². The molecule has 1 atom stereocenters. The highest BCUT2D eigenvalue weighted by molar-refractivity contribution is 7.92. The number of piperidine rings is 1. The lowest BCUT2D eigenvalue weighted by Gasteiger charge is -2.34. The van der Waals surface area contributed by atoms with E-state index in [1.807, 2.05) is 4.90 Å². The zero-order valence-electron chi connectivity index (χ0n) is 16.9. The van der Waals surface area contributed by atoms with Crippen molar-refractivity contribution in [3.63, 3.8) is 0 Å². The van der Waals surface area contributed by atoms with Crippen molar-refractivity contribution >= 4 is 44.9 Å².